The summed E-state index contributed by atoms with van der Waals surface area (Å²) in [7, 11) is 3.35. The zero-order chi connectivity index (χ0) is 20.7. The second-order valence-corrected chi connectivity index (χ2v) is 8.37. The van der Waals surface area contributed by atoms with Gasteiger partial charge in [-0.1, -0.05) is 23.9 Å². The van der Waals surface area contributed by atoms with E-state index in [2.05, 4.69) is 25.7 Å². The van der Waals surface area contributed by atoms with Gasteiger partial charge in [-0.3, -0.25) is 13.8 Å². The SMILES string of the molecule is COc1ccc(Cn2nnnc2SCc2nnc3n(C)c(=O)c4sccc4n23)cc1. The molecule has 1 aromatic carbocycles. The number of aromatic nitrogens is 8. The van der Waals surface area contributed by atoms with Crippen LogP contribution >= 0.6 is 23.1 Å². The zero-order valence-corrected chi connectivity index (χ0v) is 17.7. The molecule has 4 heterocycles. The lowest BCUT2D eigenvalue weighted by Gasteiger charge is -2.06. The number of nitrogens with zero attached hydrogens (tertiary/aromatic N) is 8. The molecule has 5 rings (SSSR count). The Balaban J connectivity index is 1.42. The molecule has 30 heavy (non-hydrogen) atoms. The van der Waals surface area contributed by atoms with Crippen LogP contribution in [0.4, 0.5) is 0 Å². The normalized spacial score (nSPS) is 11.5. The highest BCUT2D eigenvalue weighted by Gasteiger charge is 2.17. The van der Waals surface area contributed by atoms with Gasteiger partial charge in [0.05, 0.1) is 24.9 Å². The van der Waals surface area contributed by atoms with E-state index in [4.69, 9.17) is 4.74 Å². The number of rotatable bonds is 6. The molecule has 0 spiro atoms. The van der Waals surface area contributed by atoms with Crippen molar-refractivity contribution in [3.05, 3.63) is 57.5 Å². The van der Waals surface area contributed by atoms with Crippen LogP contribution in [0.3, 0.4) is 0 Å². The molecule has 12 heteroatoms. The van der Waals surface area contributed by atoms with Crippen LogP contribution in [0.25, 0.3) is 16.0 Å². The second kappa shape index (κ2) is 7.54. The molecule has 152 valence electrons. The largest absolute Gasteiger partial charge is 0.497 e. The molecule has 0 radical (unpaired) electrons. The monoisotopic (exact) mass is 440 g/mol. The maximum atomic E-state index is 12.5. The minimum absolute atomic E-state index is 0.0671. The van der Waals surface area contributed by atoms with E-state index in [1.807, 2.05) is 40.1 Å². The van der Waals surface area contributed by atoms with Crippen LogP contribution < -0.4 is 10.3 Å². The molecule has 0 aliphatic heterocycles. The topological polar surface area (TPSA) is 105 Å². The quantitative estimate of drug-likeness (QED) is 0.369. The zero-order valence-electron chi connectivity index (χ0n) is 16.1. The smallest absolute Gasteiger partial charge is 0.272 e. The number of methoxy groups -OCH3 is 1. The lowest BCUT2D eigenvalue weighted by atomic mass is 10.2. The Morgan fingerprint density at radius 2 is 1.97 bits per heavy atom. The van der Waals surface area contributed by atoms with Crippen molar-refractivity contribution in [2.24, 2.45) is 7.05 Å². The molecule has 10 nitrogen and oxygen atoms in total. The van der Waals surface area contributed by atoms with Crippen molar-refractivity contribution in [1.29, 1.82) is 0 Å². The Morgan fingerprint density at radius 3 is 2.77 bits per heavy atom. The van der Waals surface area contributed by atoms with Crippen molar-refractivity contribution < 1.29 is 4.74 Å². The van der Waals surface area contributed by atoms with Gasteiger partial charge in [0.15, 0.2) is 0 Å². The van der Waals surface area contributed by atoms with Crippen molar-refractivity contribution in [1.82, 2.24) is 39.4 Å². The summed E-state index contributed by atoms with van der Waals surface area (Å²) in [5, 5.41) is 23.1. The van der Waals surface area contributed by atoms with Gasteiger partial charge in [-0.2, -0.15) is 0 Å². The predicted molar refractivity (Wildman–Crippen MR) is 113 cm³/mol. The number of fused-ring (bicyclic) bond motifs is 3. The third-order valence-corrected chi connectivity index (χ3v) is 6.56. The number of aryl methyl sites for hydroxylation is 1. The molecule has 5 aromatic rings. The third kappa shape index (κ3) is 3.13. The van der Waals surface area contributed by atoms with Gasteiger partial charge in [0.25, 0.3) is 5.56 Å². The number of thioether (sulfide) groups is 1. The third-order valence-electron chi connectivity index (χ3n) is 4.72. The molecule has 0 aliphatic carbocycles. The summed E-state index contributed by atoms with van der Waals surface area (Å²) < 4.78 is 11.1. The first-order chi connectivity index (χ1) is 14.7. The van der Waals surface area contributed by atoms with E-state index in [0.29, 0.717) is 27.9 Å². The summed E-state index contributed by atoms with van der Waals surface area (Å²) in [5.41, 5.74) is 1.81. The Hall–Kier alpha value is -3.25. The van der Waals surface area contributed by atoms with E-state index in [1.165, 1.54) is 27.7 Å². The molecule has 0 aliphatic rings. The average Bonchev–Trinajstić information content (AvgIpc) is 3.50. The molecule has 0 fully saturated rings. The van der Waals surface area contributed by atoms with Crippen LogP contribution in [0.5, 0.6) is 5.75 Å². The molecule has 0 atom stereocenters. The van der Waals surface area contributed by atoms with Gasteiger partial charge < -0.3 is 4.74 Å². The van der Waals surface area contributed by atoms with Gasteiger partial charge in [0, 0.05) is 7.05 Å². The van der Waals surface area contributed by atoms with E-state index in [1.54, 1.807) is 18.8 Å². The minimum Gasteiger partial charge on any atom is -0.497 e. The Kier molecular flexibility index (Phi) is 4.71. The van der Waals surface area contributed by atoms with Gasteiger partial charge in [-0.05, 0) is 39.6 Å². The number of hydrogen-bond donors (Lipinski definition) is 0. The Morgan fingerprint density at radius 1 is 1.13 bits per heavy atom. The molecule has 0 bridgehead atoms. The molecule has 0 N–H and O–H groups in total. The van der Waals surface area contributed by atoms with Crippen molar-refractivity contribution in [3.8, 4) is 5.75 Å². The van der Waals surface area contributed by atoms with E-state index in [9.17, 15) is 4.79 Å². The molecule has 0 saturated heterocycles. The maximum Gasteiger partial charge on any atom is 0.272 e. The van der Waals surface area contributed by atoms with Crippen LogP contribution in [-0.2, 0) is 19.3 Å². The Labute approximate surface area is 178 Å². The van der Waals surface area contributed by atoms with Crippen molar-refractivity contribution in [2.45, 2.75) is 17.5 Å². The molecular formula is C18H16N8O2S2. The lowest BCUT2D eigenvalue weighted by Crippen LogP contribution is -2.19. The van der Waals surface area contributed by atoms with E-state index >= 15 is 0 Å². The summed E-state index contributed by atoms with van der Waals surface area (Å²) in [5.74, 6) is 2.55. The van der Waals surface area contributed by atoms with E-state index in [-0.39, 0.29) is 5.56 Å². The fourth-order valence-electron chi connectivity index (χ4n) is 3.18. The van der Waals surface area contributed by atoms with Crippen LogP contribution in [0.2, 0.25) is 0 Å². The number of thiophene rings is 1. The van der Waals surface area contributed by atoms with Gasteiger partial charge in [-0.25, -0.2) is 4.68 Å². The highest BCUT2D eigenvalue weighted by atomic mass is 32.2. The summed E-state index contributed by atoms with van der Waals surface area (Å²) in [4.78, 5) is 12.5. The summed E-state index contributed by atoms with van der Waals surface area (Å²) >= 11 is 2.88. The molecule has 4 aromatic heterocycles. The lowest BCUT2D eigenvalue weighted by molar-refractivity contribution is 0.414. The minimum atomic E-state index is -0.0671. The maximum absolute atomic E-state index is 12.5. The molecule has 0 unspecified atom stereocenters. The highest BCUT2D eigenvalue weighted by molar-refractivity contribution is 7.98. The average molecular weight is 441 g/mol. The Bertz CT molecular complexity index is 1400. The first-order valence-corrected chi connectivity index (χ1v) is 10.8. The molecule has 0 amide bonds. The van der Waals surface area contributed by atoms with Gasteiger partial charge in [-0.15, -0.1) is 26.6 Å². The number of hydrogen-bond acceptors (Lipinski definition) is 9. The second-order valence-electron chi connectivity index (χ2n) is 6.51. The van der Waals surface area contributed by atoms with Gasteiger partial charge in [0.2, 0.25) is 10.9 Å². The van der Waals surface area contributed by atoms with Crippen LogP contribution in [0.15, 0.2) is 45.7 Å². The number of benzene rings is 1. The highest BCUT2D eigenvalue weighted by Crippen LogP contribution is 2.24. The summed E-state index contributed by atoms with van der Waals surface area (Å²) in [6, 6.07) is 9.69. The number of ether oxygens (including phenoxy) is 1. The summed E-state index contributed by atoms with van der Waals surface area (Å²) in [6.45, 7) is 0.545. The van der Waals surface area contributed by atoms with Crippen LogP contribution in [-0.4, -0.2) is 46.5 Å². The van der Waals surface area contributed by atoms with Crippen LogP contribution in [0, 0.1) is 0 Å². The van der Waals surface area contributed by atoms with E-state index < -0.39 is 0 Å². The molecular weight excluding hydrogens is 424 g/mol. The molecule has 0 saturated carbocycles. The summed E-state index contributed by atoms with van der Waals surface area (Å²) in [6.07, 6.45) is 0. The first-order valence-electron chi connectivity index (χ1n) is 8.98. The first kappa shape index (κ1) is 18.8. The van der Waals surface area contributed by atoms with Gasteiger partial charge >= 0.3 is 0 Å². The van der Waals surface area contributed by atoms with Crippen molar-refractivity contribution in [2.75, 3.05) is 7.11 Å². The predicted octanol–water partition coefficient (Wildman–Crippen LogP) is 1.98. The van der Waals surface area contributed by atoms with Gasteiger partial charge in [0.1, 0.15) is 16.3 Å². The van der Waals surface area contributed by atoms with E-state index in [0.717, 1.165) is 22.7 Å². The van der Waals surface area contributed by atoms with Crippen molar-refractivity contribution >= 4 is 39.1 Å². The fraction of sp³-hybridized carbons (Fsp3) is 0.222. The number of tetrazole rings is 1. The fourth-order valence-corrected chi connectivity index (χ4v) is 4.82. The van der Waals surface area contributed by atoms with Crippen molar-refractivity contribution in [3.63, 3.8) is 0 Å². The van der Waals surface area contributed by atoms with Crippen LogP contribution in [0.1, 0.15) is 11.4 Å². The standard InChI is InChI=1S/C18H16N8O2S2/c1-24-16(27)15-13(7-8-29-15)26-14(19-20-17(24)26)10-30-18-21-22-23-25(18)9-11-3-5-12(28-2)6-4-11/h3-8H,9-10H2,1-2H3.